The van der Waals surface area contributed by atoms with Crippen molar-refractivity contribution in [3.8, 4) is 11.5 Å². The average Bonchev–Trinajstić information content (AvgIpc) is 2.93. The quantitative estimate of drug-likeness (QED) is 0.146. The van der Waals surface area contributed by atoms with Crippen LogP contribution in [0.25, 0.3) is 0 Å². The Morgan fingerprint density at radius 2 is 1.42 bits per heavy atom. The van der Waals surface area contributed by atoms with Gasteiger partial charge in [0.25, 0.3) is 0 Å². The van der Waals surface area contributed by atoms with Crippen LogP contribution in [-0.4, -0.2) is 40.4 Å². The maximum absolute atomic E-state index is 11.6. The van der Waals surface area contributed by atoms with E-state index >= 15 is 0 Å². The Labute approximate surface area is 278 Å². The zero-order chi connectivity index (χ0) is 33.8. The van der Waals surface area contributed by atoms with E-state index < -0.39 is 6.09 Å². The van der Waals surface area contributed by atoms with Crippen LogP contribution in [0.3, 0.4) is 0 Å². The lowest BCUT2D eigenvalue weighted by Gasteiger charge is -2.38. The Bertz CT molecular complexity index is 1040. The van der Waals surface area contributed by atoms with Gasteiger partial charge in [0.05, 0.1) is 6.61 Å². The number of benzene rings is 1. The van der Waals surface area contributed by atoms with Crippen molar-refractivity contribution in [2.24, 2.45) is 17.8 Å². The van der Waals surface area contributed by atoms with Crippen molar-refractivity contribution in [2.75, 3.05) is 13.2 Å². The van der Waals surface area contributed by atoms with Crippen molar-refractivity contribution < 1.29 is 19.4 Å². The number of hydrogen-bond donors (Lipinski definition) is 1. The molecule has 45 heavy (non-hydrogen) atoms. The van der Waals surface area contributed by atoms with E-state index in [1.807, 2.05) is 20.8 Å². The van der Waals surface area contributed by atoms with Crippen LogP contribution in [0.2, 0.25) is 0 Å². The number of nitrogens with zero attached hydrogens (tertiary/aromatic N) is 1. The normalized spacial score (nSPS) is 18.0. The van der Waals surface area contributed by atoms with Gasteiger partial charge in [-0.05, 0) is 121 Å². The van der Waals surface area contributed by atoms with Gasteiger partial charge < -0.3 is 19.5 Å². The first-order chi connectivity index (χ1) is 21.1. The topological polar surface area (TPSA) is 59.0 Å². The summed E-state index contributed by atoms with van der Waals surface area (Å²) >= 11 is 0. The highest BCUT2D eigenvalue weighted by Crippen LogP contribution is 2.45. The Balaban J connectivity index is 1.79. The number of amides is 1. The molecule has 0 bridgehead atoms. The molecule has 1 N–H and O–H groups in total. The second kappa shape index (κ2) is 18.4. The third-order valence-electron chi connectivity index (χ3n) is 10.4. The van der Waals surface area contributed by atoms with Crippen LogP contribution in [0.15, 0.2) is 0 Å². The van der Waals surface area contributed by atoms with E-state index in [-0.39, 0.29) is 11.1 Å². The molecule has 1 aliphatic rings. The van der Waals surface area contributed by atoms with Gasteiger partial charge in [-0.2, -0.15) is 0 Å². The third kappa shape index (κ3) is 13.0. The van der Waals surface area contributed by atoms with E-state index in [4.69, 9.17) is 9.47 Å². The minimum atomic E-state index is -0.836. The number of fused-ring (bicyclic) bond motifs is 1. The first kappa shape index (κ1) is 39.3. The number of rotatable bonds is 20. The number of unbranched alkanes of at least 4 members (excludes halogenated alkanes) is 3. The summed E-state index contributed by atoms with van der Waals surface area (Å²) in [6, 6.07) is 0. The molecule has 1 amide bonds. The summed E-state index contributed by atoms with van der Waals surface area (Å²) in [6.45, 7) is 25.6. The second-order valence-electron chi connectivity index (χ2n) is 16.3. The molecule has 0 fully saturated rings. The summed E-state index contributed by atoms with van der Waals surface area (Å²) in [4.78, 5) is 13.1. The Morgan fingerprint density at radius 1 is 0.844 bits per heavy atom. The predicted octanol–water partition coefficient (Wildman–Crippen LogP) is 11.9. The lowest BCUT2D eigenvalue weighted by atomic mass is 9.83. The van der Waals surface area contributed by atoms with Crippen molar-refractivity contribution in [2.45, 2.75) is 184 Å². The summed E-state index contributed by atoms with van der Waals surface area (Å²) in [7, 11) is 0. The zero-order valence-electron chi connectivity index (χ0n) is 31.4. The van der Waals surface area contributed by atoms with Gasteiger partial charge in [-0.1, -0.05) is 85.5 Å². The van der Waals surface area contributed by atoms with Crippen LogP contribution in [0.4, 0.5) is 4.79 Å². The van der Waals surface area contributed by atoms with E-state index in [2.05, 4.69) is 55.4 Å². The Hall–Kier alpha value is -1.91. The highest BCUT2D eigenvalue weighted by Gasteiger charge is 2.34. The van der Waals surface area contributed by atoms with E-state index in [0.29, 0.717) is 13.2 Å². The fraction of sp³-hybridized carbons (Fsp3) is 0.825. The van der Waals surface area contributed by atoms with Crippen molar-refractivity contribution in [3.63, 3.8) is 0 Å². The highest BCUT2D eigenvalue weighted by atomic mass is 16.5. The van der Waals surface area contributed by atoms with E-state index in [1.165, 1.54) is 78.5 Å². The third-order valence-corrected chi connectivity index (χ3v) is 10.4. The van der Waals surface area contributed by atoms with Gasteiger partial charge in [-0.3, -0.25) is 0 Å². The van der Waals surface area contributed by atoms with Crippen LogP contribution in [-0.2, 0) is 6.42 Å². The van der Waals surface area contributed by atoms with Crippen molar-refractivity contribution in [1.29, 1.82) is 0 Å². The number of carbonyl (C=O) groups is 1. The molecule has 1 aromatic rings. The number of ether oxygens (including phenoxy) is 2. The van der Waals surface area contributed by atoms with Gasteiger partial charge in [-0.15, -0.1) is 0 Å². The molecule has 2 rings (SSSR count). The molecule has 0 saturated heterocycles. The van der Waals surface area contributed by atoms with Crippen molar-refractivity contribution in [3.05, 3.63) is 22.3 Å². The van der Waals surface area contributed by atoms with Gasteiger partial charge in [0.1, 0.15) is 17.1 Å². The summed E-state index contributed by atoms with van der Waals surface area (Å²) in [6.07, 6.45) is 17.1. The average molecular weight is 630 g/mol. The second-order valence-corrected chi connectivity index (χ2v) is 16.3. The molecule has 5 nitrogen and oxygen atoms in total. The Kier molecular flexibility index (Phi) is 16.1. The summed E-state index contributed by atoms with van der Waals surface area (Å²) in [5.74, 6) is 4.63. The summed E-state index contributed by atoms with van der Waals surface area (Å²) in [5, 5.41) is 9.49. The Morgan fingerprint density at radius 3 is 2.00 bits per heavy atom. The number of carboxylic acid groups (broad SMARTS) is 1. The van der Waals surface area contributed by atoms with E-state index in [1.54, 1.807) is 0 Å². The minimum Gasteiger partial charge on any atom is -0.493 e. The molecule has 3 atom stereocenters. The standard InChI is InChI=1S/C40H71NO4/c1-29(2)19-16-20-30(3)21-17-22-31(4)23-18-25-40(11)26-24-35-34(7)36(32(5)33(6)37(35)45-40)44-28-15-13-12-14-27-41(38(42)43)39(8,9)10/h29-31H,12-28H2,1-11H3,(H,42,43)/t30-,31-,40-/m1/s1. The van der Waals surface area contributed by atoms with Crippen molar-refractivity contribution >= 4 is 6.09 Å². The van der Waals surface area contributed by atoms with Gasteiger partial charge in [0.15, 0.2) is 0 Å². The van der Waals surface area contributed by atoms with Crippen LogP contribution >= 0.6 is 0 Å². The first-order valence-electron chi connectivity index (χ1n) is 18.5. The fourth-order valence-electron chi connectivity index (χ4n) is 7.09. The fourth-order valence-corrected chi connectivity index (χ4v) is 7.09. The van der Waals surface area contributed by atoms with Crippen LogP contribution in [0.1, 0.15) is 168 Å². The molecule has 0 unspecified atom stereocenters. The molecule has 260 valence electrons. The van der Waals surface area contributed by atoms with Crippen LogP contribution in [0.5, 0.6) is 11.5 Å². The lowest BCUT2D eigenvalue weighted by Crippen LogP contribution is -2.45. The molecule has 1 aliphatic heterocycles. The molecular weight excluding hydrogens is 558 g/mol. The molecular formula is C40H71NO4. The molecule has 0 saturated carbocycles. The van der Waals surface area contributed by atoms with Crippen molar-refractivity contribution in [1.82, 2.24) is 4.90 Å². The predicted molar refractivity (Wildman–Crippen MR) is 191 cm³/mol. The first-order valence-corrected chi connectivity index (χ1v) is 18.5. The molecule has 0 spiro atoms. The smallest absolute Gasteiger partial charge is 0.407 e. The van der Waals surface area contributed by atoms with Gasteiger partial charge >= 0.3 is 6.09 Å². The van der Waals surface area contributed by atoms with Gasteiger partial charge in [-0.25, -0.2) is 4.79 Å². The molecule has 0 aromatic heterocycles. The molecule has 1 aromatic carbocycles. The monoisotopic (exact) mass is 630 g/mol. The van der Waals surface area contributed by atoms with Crippen LogP contribution < -0.4 is 9.47 Å². The molecule has 0 aliphatic carbocycles. The molecule has 1 heterocycles. The summed E-state index contributed by atoms with van der Waals surface area (Å²) < 4.78 is 13.2. The lowest BCUT2D eigenvalue weighted by molar-refractivity contribution is 0.0511. The van der Waals surface area contributed by atoms with Crippen LogP contribution in [0, 0.1) is 38.5 Å². The largest absolute Gasteiger partial charge is 0.493 e. The zero-order valence-corrected chi connectivity index (χ0v) is 31.4. The molecule has 0 radical (unpaired) electrons. The van der Waals surface area contributed by atoms with E-state index in [0.717, 1.165) is 74.2 Å². The number of hydrogen-bond acceptors (Lipinski definition) is 3. The highest BCUT2D eigenvalue weighted by molar-refractivity contribution is 5.65. The summed E-state index contributed by atoms with van der Waals surface area (Å²) in [5.41, 5.74) is 4.54. The van der Waals surface area contributed by atoms with Gasteiger partial charge in [0.2, 0.25) is 0 Å². The van der Waals surface area contributed by atoms with E-state index in [9.17, 15) is 9.90 Å². The maximum atomic E-state index is 11.6. The SMILES string of the molecule is Cc1c(C)c2c(c(C)c1OCCCCCCN(C(=O)O)C(C)(C)C)CC[C@@](C)(CCC[C@H](C)CCC[C@H](C)CCCC(C)C)O2. The maximum Gasteiger partial charge on any atom is 0.407 e. The minimum absolute atomic E-state index is 0.0904. The van der Waals surface area contributed by atoms with Gasteiger partial charge in [0, 0.05) is 17.6 Å². The molecule has 5 heteroatoms.